The Hall–Kier alpha value is -2.09. The number of rotatable bonds is 4. The monoisotopic (exact) mass is 254 g/mol. The minimum Gasteiger partial charge on any atom is -0.491 e. The maximum atomic E-state index is 12.3. The summed E-state index contributed by atoms with van der Waals surface area (Å²) in [5.74, 6) is 0.752. The minimum atomic E-state index is 0.0224. The van der Waals surface area contributed by atoms with Gasteiger partial charge in [-0.25, -0.2) is 0 Å². The summed E-state index contributed by atoms with van der Waals surface area (Å²) in [7, 11) is 0. The smallest absolute Gasteiger partial charge is 0.193 e. The van der Waals surface area contributed by atoms with Gasteiger partial charge in [0, 0.05) is 11.1 Å². The van der Waals surface area contributed by atoms with Gasteiger partial charge in [0.15, 0.2) is 5.78 Å². The SMILES string of the molecule is Cc1ccc(C(=O)c2cccc(OC(C)C)c2)cc1. The highest BCUT2D eigenvalue weighted by molar-refractivity contribution is 6.09. The third-order valence-electron chi connectivity index (χ3n) is 2.78. The number of benzene rings is 2. The molecule has 98 valence electrons. The number of carbonyl (C=O) groups excluding carboxylic acids is 1. The maximum absolute atomic E-state index is 12.3. The molecule has 0 saturated carbocycles. The van der Waals surface area contributed by atoms with E-state index in [2.05, 4.69) is 0 Å². The van der Waals surface area contributed by atoms with Gasteiger partial charge in [-0.1, -0.05) is 42.0 Å². The van der Waals surface area contributed by atoms with E-state index < -0.39 is 0 Å². The number of carbonyl (C=O) groups is 1. The second-order valence-corrected chi connectivity index (χ2v) is 4.89. The average molecular weight is 254 g/mol. The van der Waals surface area contributed by atoms with Gasteiger partial charge in [-0.15, -0.1) is 0 Å². The van der Waals surface area contributed by atoms with Crippen molar-refractivity contribution in [3.8, 4) is 5.75 Å². The Labute approximate surface area is 114 Å². The van der Waals surface area contributed by atoms with Crippen LogP contribution in [0.1, 0.15) is 35.3 Å². The summed E-state index contributed by atoms with van der Waals surface area (Å²) in [6, 6.07) is 14.9. The topological polar surface area (TPSA) is 26.3 Å². The minimum absolute atomic E-state index is 0.0224. The Morgan fingerprint density at radius 1 is 1.00 bits per heavy atom. The predicted octanol–water partition coefficient (Wildman–Crippen LogP) is 4.01. The van der Waals surface area contributed by atoms with E-state index in [1.807, 2.05) is 63.2 Å². The Kier molecular flexibility index (Phi) is 4.00. The molecule has 0 bridgehead atoms. The standard InChI is InChI=1S/C17H18O2/c1-12(2)19-16-6-4-5-15(11-16)17(18)14-9-7-13(3)8-10-14/h4-12H,1-3H3. The van der Waals surface area contributed by atoms with Crippen LogP contribution in [0.4, 0.5) is 0 Å². The van der Waals surface area contributed by atoms with E-state index >= 15 is 0 Å². The fourth-order valence-corrected chi connectivity index (χ4v) is 1.85. The van der Waals surface area contributed by atoms with Crippen LogP contribution in [0, 0.1) is 6.92 Å². The first-order valence-corrected chi connectivity index (χ1v) is 6.44. The van der Waals surface area contributed by atoms with Crippen molar-refractivity contribution >= 4 is 5.78 Å². The molecule has 0 aromatic heterocycles. The van der Waals surface area contributed by atoms with Crippen LogP contribution in [-0.2, 0) is 0 Å². The van der Waals surface area contributed by atoms with Crippen LogP contribution in [0.15, 0.2) is 48.5 Å². The fourth-order valence-electron chi connectivity index (χ4n) is 1.85. The van der Waals surface area contributed by atoms with Gasteiger partial charge in [0.05, 0.1) is 6.10 Å². The lowest BCUT2D eigenvalue weighted by Crippen LogP contribution is -2.07. The van der Waals surface area contributed by atoms with E-state index in [1.54, 1.807) is 6.07 Å². The van der Waals surface area contributed by atoms with E-state index in [4.69, 9.17) is 4.74 Å². The largest absolute Gasteiger partial charge is 0.491 e. The molecule has 2 nitrogen and oxygen atoms in total. The van der Waals surface area contributed by atoms with Gasteiger partial charge >= 0.3 is 0 Å². The number of hydrogen-bond donors (Lipinski definition) is 0. The van der Waals surface area contributed by atoms with Crippen LogP contribution in [0.5, 0.6) is 5.75 Å². The molecule has 0 radical (unpaired) electrons. The molecule has 0 aliphatic carbocycles. The van der Waals surface area contributed by atoms with Gasteiger partial charge < -0.3 is 4.74 Å². The zero-order valence-electron chi connectivity index (χ0n) is 11.5. The highest BCUT2D eigenvalue weighted by Crippen LogP contribution is 2.18. The van der Waals surface area contributed by atoms with Crippen molar-refractivity contribution in [2.75, 3.05) is 0 Å². The van der Waals surface area contributed by atoms with Gasteiger partial charge in [0.1, 0.15) is 5.75 Å². The Balaban J connectivity index is 2.26. The van der Waals surface area contributed by atoms with Gasteiger partial charge in [0.25, 0.3) is 0 Å². The molecule has 0 N–H and O–H groups in total. The summed E-state index contributed by atoms with van der Waals surface area (Å²) < 4.78 is 5.61. The lowest BCUT2D eigenvalue weighted by molar-refractivity contribution is 0.103. The molecule has 0 saturated heterocycles. The van der Waals surface area contributed by atoms with Crippen molar-refractivity contribution in [1.82, 2.24) is 0 Å². The van der Waals surface area contributed by atoms with Gasteiger partial charge in [0.2, 0.25) is 0 Å². The van der Waals surface area contributed by atoms with E-state index in [0.717, 1.165) is 11.3 Å². The molecule has 0 heterocycles. The fraction of sp³-hybridized carbons (Fsp3) is 0.235. The number of ether oxygens (including phenoxy) is 1. The molecule has 2 aromatic rings. The third kappa shape index (κ3) is 3.44. The van der Waals surface area contributed by atoms with Crippen molar-refractivity contribution in [2.24, 2.45) is 0 Å². The van der Waals surface area contributed by atoms with Crippen molar-refractivity contribution in [3.05, 3.63) is 65.2 Å². The second kappa shape index (κ2) is 5.70. The van der Waals surface area contributed by atoms with Crippen molar-refractivity contribution < 1.29 is 9.53 Å². The van der Waals surface area contributed by atoms with Gasteiger partial charge in [-0.05, 0) is 32.9 Å². The molecule has 2 rings (SSSR count). The summed E-state index contributed by atoms with van der Waals surface area (Å²) in [6.07, 6.45) is 0.102. The van der Waals surface area contributed by atoms with Crippen molar-refractivity contribution in [2.45, 2.75) is 26.9 Å². The first kappa shape index (κ1) is 13.3. The Bertz CT molecular complexity index is 568. The highest BCUT2D eigenvalue weighted by atomic mass is 16.5. The molecule has 0 atom stereocenters. The van der Waals surface area contributed by atoms with Gasteiger partial charge in [-0.2, -0.15) is 0 Å². The highest BCUT2D eigenvalue weighted by Gasteiger charge is 2.10. The molecule has 0 spiro atoms. The molecule has 0 amide bonds. The van der Waals surface area contributed by atoms with Crippen LogP contribution in [0.3, 0.4) is 0 Å². The molecule has 19 heavy (non-hydrogen) atoms. The summed E-state index contributed by atoms with van der Waals surface area (Å²) >= 11 is 0. The van der Waals surface area contributed by atoms with E-state index in [-0.39, 0.29) is 11.9 Å². The zero-order valence-corrected chi connectivity index (χ0v) is 11.5. The summed E-state index contributed by atoms with van der Waals surface area (Å²) in [6.45, 7) is 5.94. The molecule has 2 heteroatoms. The quantitative estimate of drug-likeness (QED) is 0.770. The van der Waals surface area contributed by atoms with Gasteiger partial charge in [-0.3, -0.25) is 4.79 Å². The summed E-state index contributed by atoms with van der Waals surface area (Å²) in [5, 5.41) is 0. The summed E-state index contributed by atoms with van der Waals surface area (Å²) in [4.78, 5) is 12.3. The van der Waals surface area contributed by atoms with Crippen molar-refractivity contribution in [3.63, 3.8) is 0 Å². The van der Waals surface area contributed by atoms with E-state index in [1.165, 1.54) is 0 Å². The zero-order chi connectivity index (χ0) is 13.8. The number of aryl methyl sites for hydroxylation is 1. The number of hydrogen-bond acceptors (Lipinski definition) is 2. The van der Waals surface area contributed by atoms with Crippen LogP contribution in [0.25, 0.3) is 0 Å². The first-order chi connectivity index (χ1) is 9.06. The number of ketones is 1. The molecule has 0 unspecified atom stereocenters. The predicted molar refractivity (Wildman–Crippen MR) is 76.8 cm³/mol. The Morgan fingerprint density at radius 3 is 2.32 bits per heavy atom. The summed E-state index contributed by atoms with van der Waals surface area (Å²) in [5.41, 5.74) is 2.50. The van der Waals surface area contributed by atoms with Crippen LogP contribution < -0.4 is 4.74 Å². The molecule has 0 aliphatic rings. The molecular weight excluding hydrogens is 236 g/mol. The molecule has 0 aliphatic heterocycles. The molecule has 0 fully saturated rings. The van der Waals surface area contributed by atoms with Crippen LogP contribution in [0.2, 0.25) is 0 Å². The van der Waals surface area contributed by atoms with E-state index in [9.17, 15) is 4.79 Å². The first-order valence-electron chi connectivity index (χ1n) is 6.44. The van der Waals surface area contributed by atoms with Crippen LogP contribution >= 0.6 is 0 Å². The third-order valence-corrected chi connectivity index (χ3v) is 2.78. The molecule has 2 aromatic carbocycles. The maximum Gasteiger partial charge on any atom is 0.193 e. The van der Waals surface area contributed by atoms with Crippen molar-refractivity contribution in [1.29, 1.82) is 0 Å². The lowest BCUT2D eigenvalue weighted by atomic mass is 10.0. The normalized spacial score (nSPS) is 10.5. The Morgan fingerprint density at radius 2 is 1.68 bits per heavy atom. The second-order valence-electron chi connectivity index (χ2n) is 4.89. The van der Waals surface area contributed by atoms with E-state index in [0.29, 0.717) is 11.1 Å². The lowest BCUT2D eigenvalue weighted by Gasteiger charge is -2.10. The molecular formula is C17H18O2. The van der Waals surface area contributed by atoms with Crippen LogP contribution in [-0.4, -0.2) is 11.9 Å². The average Bonchev–Trinajstić information content (AvgIpc) is 2.38.